The van der Waals surface area contributed by atoms with Crippen molar-refractivity contribution in [3.05, 3.63) is 83.7 Å². The van der Waals surface area contributed by atoms with Crippen LogP contribution in [0.2, 0.25) is 0 Å². The number of carbonyl (C=O) groups is 1. The lowest BCUT2D eigenvalue weighted by atomic mass is 9.95. The van der Waals surface area contributed by atoms with Crippen LogP contribution in [0, 0.1) is 11.6 Å². The molecule has 0 aliphatic rings. The Morgan fingerprint density at radius 1 is 1.23 bits per heavy atom. The van der Waals surface area contributed by atoms with Crippen LogP contribution in [0.1, 0.15) is 22.8 Å². The highest BCUT2D eigenvalue weighted by Gasteiger charge is 2.28. The molecule has 1 aromatic heterocycles. The average molecular weight is 357 g/mol. The Morgan fingerprint density at radius 2 is 2.00 bits per heavy atom. The van der Waals surface area contributed by atoms with E-state index in [1.54, 1.807) is 47.4 Å². The first kappa shape index (κ1) is 17.8. The first-order chi connectivity index (χ1) is 12.4. The molecule has 3 aromatic rings. The average Bonchev–Trinajstić information content (AvgIpc) is 3.14. The van der Waals surface area contributed by atoms with Crippen LogP contribution in [0.4, 0.5) is 8.78 Å². The number of amides is 1. The molecule has 0 radical (unpaired) electrons. The molecule has 26 heavy (non-hydrogen) atoms. The first-order valence-electron chi connectivity index (χ1n) is 7.93. The molecule has 3 rings (SSSR count). The maximum absolute atomic E-state index is 13.9. The molecule has 0 saturated carbocycles. The van der Waals surface area contributed by atoms with E-state index in [0.29, 0.717) is 17.3 Å². The van der Waals surface area contributed by atoms with E-state index in [-0.39, 0.29) is 12.1 Å². The van der Waals surface area contributed by atoms with Crippen molar-refractivity contribution < 1.29 is 18.7 Å². The minimum absolute atomic E-state index is 0.0976. The monoisotopic (exact) mass is 357 g/mol. The van der Waals surface area contributed by atoms with E-state index >= 15 is 0 Å². The summed E-state index contributed by atoms with van der Waals surface area (Å²) in [7, 11) is 0. The second-order valence-corrected chi connectivity index (χ2v) is 6.05. The fourth-order valence-electron chi connectivity index (χ4n) is 2.65. The van der Waals surface area contributed by atoms with Crippen LogP contribution in [0.5, 0.6) is 0 Å². The Hall–Kier alpha value is -3.06. The van der Waals surface area contributed by atoms with E-state index in [0.717, 1.165) is 12.1 Å². The van der Waals surface area contributed by atoms with Gasteiger partial charge in [0, 0.05) is 24.0 Å². The molecule has 0 unspecified atom stereocenters. The van der Waals surface area contributed by atoms with Gasteiger partial charge in [0.05, 0.1) is 17.8 Å². The number of aromatic nitrogens is 2. The lowest BCUT2D eigenvalue weighted by molar-refractivity contribution is 0.0494. The molecule has 7 heteroatoms. The molecule has 0 spiro atoms. The molecule has 1 heterocycles. The van der Waals surface area contributed by atoms with Crippen molar-refractivity contribution in [2.24, 2.45) is 0 Å². The number of para-hydroxylation sites is 1. The summed E-state index contributed by atoms with van der Waals surface area (Å²) in [6.45, 7) is 1.10. The number of hydrogen-bond acceptors (Lipinski definition) is 3. The van der Waals surface area contributed by atoms with Crippen LogP contribution in [0.3, 0.4) is 0 Å². The highest BCUT2D eigenvalue weighted by Crippen LogP contribution is 2.24. The molecular formula is C19H17F2N3O2. The van der Waals surface area contributed by atoms with Gasteiger partial charge in [-0.05, 0) is 31.2 Å². The number of nitrogens with zero attached hydrogens (tertiary/aromatic N) is 2. The summed E-state index contributed by atoms with van der Waals surface area (Å²) in [6, 6.07) is 11.5. The molecule has 0 aliphatic heterocycles. The fraction of sp³-hybridized carbons (Fsp3) is 0.158. The Kier molecular flexibility index (Phi) is 4.81. The topological polar surface area (TPSA) is 67.2 Å². The SMILES string of the molecule is C[C@](O)(CNC(=O)c1ccccc1-n1cccn1)c1ccc(F)cc1F. The minimum atomic E-state index is -1.70. The van der Waals surface area contributed by atoms with Gasteiger partial charge in [-0.1, -0.05) is 18.2 Å². The lowest BCUT2D eigenvalue weighted by Crippen LogP contribution is -2.39. The Balaban J connectivity index is 1.79. The predicted octanol–water partition coefficient (Wildman–Crippen LogP) is 2.79. The third-order valence-electron chi connectivity index (χ3n) is 4.00. The van der Waals surface area contributed by atoms with E-state index in [4.69, 9.17) is 0 Å². The maximum Gasteiger partial charge on any atom is 0.253 e. The number of benzene rings is 2. The molecule has 0 aliphatic carbocycles. The third kappa shape index (κ3) is 3.62. The van der Waals surface area contributed by atoms with E-state index in [2.05, 4.69) is 10.4 Å². The van der Waals surface area contributed by atoms with E-state index < -0.39 is 23.1 Å². The normalized spacial score (nSPS) is 13.2. The second kappa shape index (κ2) is 7.05. The van der Waals surface area contributed by atoms with Crippen molar-refractivity contribution >= 4 is 5.91 Å². The van der Waals surface area contributed by atoms with Crippen molar-refractivity contribution in [3.63, 3.8) is 0 Å². The molecule has 2 N–H and O–H groups in total. The third-order valence-corrected chi connectivity index (χ3v) is 4.00. The van der Waals surface area contributed by atoms with Gasteiger partial charge in [-0.15, -0.1) is 0 Å². The van der Waals surface area contributed by atoms with Gasteiger partial charge in [0.1, 0.15) is 17.2 Å². The highest BCUT2D eigenvalue weighted by molar-refractivity contribution is 5.97. The van der Waals surface area contributed by atoms with Crippen molar-refractivity contribution in [3.8, 4) is 5.69 Å². The van der Waals surface area contributed by atoms with Crippen LogP contribution in [-0.2, 0) is 5.60 Å². The molecule has 1 atom stereocenters. The Morgan fingerprint density at radius 3 is 2.69 bits per heavy atom. The summed E-state index contributed by atoms with van der Waals surface area (Å²) in [5, 5.41) is 17.2. The van der Waals surface area contributed by atoms with Gasteiger partial charge in [-0.2, -0.15) is 5.10 Å². The number of halogens is 2. The molecule has 0 saturated heterocycles. The van der Waals surface area contributed by atoms with Crippen molar-refractivity contribution in [1.29, 1.82) is 0 Å². The van der Waals surface area contributed by atoms with Crippen molar-refractivity contribution in [1.82, 2.24) is 15.1 Å². The molecular weight excluding hydrogens is 340 g/mol. The van der Waals surface area contributed by atoms with Gasteiger partial charge in [0.2, 0.25) is 0 Å². The summed E-state index contributed by atoms with van der Waals surface area (Å²) >= 11 is 0. The Labute approximate surface area is 148 Å². The minimum Gasteiger partial charge on any atom is -0.383 e. The van der Waals surface area contributed by atoms with Gasteiger partial charge in [-0.25, -0.2) is 13.5 Å². The van der Waals surface area contributed by atoms with Crippen LogP contribution in [0.25, 0.3) is 5.69 Å². The van der Waals surface area contributed by atoms with Crippen molar-refractivity contribution in [2.75, 3.05) is 6.54 Å². The van der Waals surface area contributed by atoms with Crippen LogP contribution < -0.4 is 5.32 Å². The number of rotatable bonds is 5. The summed E-state index contributed by atoms with van der Waals surface area (Å²) in [6.07, 6.45) is 3.30. The summed E-state index contributed by atoms with van der Waals surface area (Å²) < 4.78 is 28.5. The largest absolute Gasteiger partial charge is 0.383 e. The smallest absolute Gasteiger partial charge is 0.253 e. The highest BCUT2D eigenvalue weighted by atomic mass is 19.1. The van der Waals surface area contributed by atoms with E-state index in [1.165, 1.54) is 6.92 Å². The summed E-state index contributed by atoms with van der Waals surface area (Å²) in [5.41, 5.74) is -0.873. The van der Waals surface area contributed by atoms with Gasteiger partial charge in [0.15, 0.2) is 0 Å². The standard InChI is InChI=1S/C19H17F2N3O2/c1-19(26,15-8-7-13(20)11-16(15)21)12-22-18(25)14-5-2-3-6-17(14)24-10-4-9-23-24/h2-11,26H,12H2,1H3,(H,22,25)/t19-/m0/s1. The number of aliphatic hydroxyl groups is 1. The Bertz CT molecular complexity index is 924. The van der Waals surface area contributed by atoms with Gasteiger partial charge in [0.25, 0.3) is 5.91 Å². The zero-order valence-electron chi connectivity index (χ0n) is 14.0. The molecule has 5 nitrogen and oxygen atoms in total. The van der Waals surface area contributed by atoms with Crippen LogP contribution in [0.15, 0.2) is 60.9 Å². The summed E-state index contributed by atoms with van der Waals surface area (Å²) in [5.74, 6) is -2.06. The number of nitrogens with one attached hydrogen (secondary N) is 1. The number of hydrogen-bond donors (Lipinski definition) is 2. The van der Waals surface area contributed by atoms with Crippen LogP contribution >= 0.6 is 0 Å². The fourth-order valence-corrected chi connectivity index (χ4v) is 2.65. The van der Waals surface area contributed by atoms with Gasteiger partial charge in [-0.3, -0.25) is 4.79 Å². The zero-order valence-corrected chi connectivity index (χ0v) is 14.0. The molecule has 0 bridgehead atoms. The lowest BCUT2D eigenvalue weighted by Gasteiger charge is -2.25. The van der Waals surface area contributed by atoms with E-state index in [9.17, 15) is 18.7 Å². The second-order valence-electron chi connectivity index (χ2n) is 6.05. The molecule has 134 valence electrons. The van der Waals surface area contributed by atoms with Gasteiger partial charge < -0.3 is 10.4 Å². The number of carbonyl (C=O) groups excluding carboxylic acids is 1. The molecule has 1 amide bonds. The quantitative estimate of drug-likeness (QED) is 0.738. The molecule has 0 fully saturated rings. The van der Waals surface area contributed by atoms with Crippen molar-refractivity contribution in [2.45, 2.75) is 12.5 Å². The zero-order chi connectivity index (χ0) is 18.7. The summed E-state index contributed by atoms with van der Waals surface area (Å²) in [4.78, 5) is 12.6. The first-order valence-corrected chi connectivity index (χ1v) is 7.93. The predicted molar refractivity (Wildman–Crippen MR) is 91.8 cm³/mol. The van der Waals surface area contributed by atoms with Crippen LogP contribution in [-0.4, -0.2) is 27.3 Å². The van der Waals surface area contributed by atoms with E-state index in [1.807, 2.05) is 0 Å². The molecule has 2 aromatic carbocycles. The van der Waals surface area contributed by atoms with Gasteiger partial charge >= 0.3 is 0 Å². The maximum atomic E-state index is 13.9.